The molecule has 1 aliphatic heterocycles. The summed E-state index contributed by atoms with van der Waals surface area (Å²) in [5, 5.41) is 6.45. The second kappa shape index (κ2) is 7.04. The van der Waals surface area contributed by atoms with Crippen LogP contribution in [0.25, 0.3) is 0 Å². The second-order valence-corrected chi connectivity index (χ2v) is 5.22. The molecule has 0 saturated carbocycles. The molecule has 7 nitrogen and oxygen atoms in total. The van der Waals surface area contributed by atoms with Crippen LogP contribution in [0.1, 0.15) is 18.4 Å². The van der Waals surface area contributed by atoms with Gasteiger partial charge < -0.3 is 21.1 Å². The molecule has 1 saturated heterocycles. The molecule has 4 N–H and O–H groups in total. The molecule has 0 amide bonds. The van der Waals surface area contributed by atoms with Crippen LogP contribution in [0.15, 0.2) is 30.9 Å². The van der Waals surface area contributed by atoms with Crippen molar-refractivity contribution in [2.24, 2.45) is 0 Å². The van der Waals surface area contributed by atoms with Crippen molar-refractivity contribution in [2.75, 3.05) is 29.5 Å². The topological polar surface area (TPSA) is 98.0 Å². The van der Waals surface area contributed by atoms with E-state index in [4.69, 9.17) is 10.5 Å². The molecular weight excluding hydrogens is 280 g/mol. The number of aromatic nitrogens is 3. The first kappa shape index (κ1) is 14.5. The van der Waals surface area contributed by atoms with Crippen LogP contribution in [0.2, 0.25) is 0 Å². The monoisotopic (exact) mass is 300 g/mol. The number of nitrogens with zero attached hydrogens (tertiary/aromatic N) is 3. The predicted molar refractivity (Wildman–Crippen MR) is 85.5 cm³/mol. The van der Waals surface area contributed by atoms with E-state index in [0.29, 0.717) is 30.4 Å². The second-order valence-electron chi connectivity index (χ2n) is 5.22. The Morgan fingerprint density at radius 2 is 2.14 bits per heavy atom. The van der Waals surface area contributed by atoms with Gasteiger partial charge in [0.1, 0.15) is 12.0 Å². The molecular formula is C15H20N6O. The SMILES string of the molecule is Nc1c(NCc2cccnc2)ncnc1NCC1CCCO1. The third kappa shape index (κ3) is 3.62. The third-order valence-electron chi connectivity index (χ3n) is 3.59. The minimum Gasteiger partial charge on any atom is -0.393 e. The van der Waals surface area contributed by atoms with Gasteiger partial charge in [-0.3, -0.25) is 4.98 Å². The Labute approximate surface area is 129 Å². The van der Waals surface area contributed by atoms with Crippen LogP contribution in [0.3, 0.4) is 0 Å². The molecule has 1 atom stereocenters. The van der Waals surface area contributed by atoms with Crippen LogP contribution in [-0.2, 0) is 11.3 Å². The van der Waals surface area contributed by atoms with Crippen molar-refractivity contribution in [3.8, 4) is 0 Å². The fraction of sp³-hybridized carbons (Fsp3) is 0.400. The molecule has 22 heavy (non-hydrogen) atoms. The molecule has 0 aromatic carbocycles. The van der Waals surface area contributed by atoms with Gasteiger partial charge in [-0.1, -0.05) is 6.07 Å². The van der Waals surface area contributed by atoms with Gasteiger partial charge in [0.15, 0.2) is 11.6 Å². The average Bonchev–Trinajstić information content (AvgIpc) is 3.07. The highest BCUT2D eigenvalue weighted by atomic mass is 16.5. The third-order valence-corrected chi connectivity index (χ3v) is 3.59. The molecule has 2 aromatic rings. The number of pyridine rings is 1. The predicted octanol–water partition coefficient (Wildman–Crippen LogP) is 1.66. The van der Waals surface area contributed by atoms with Crippen molar-refractivity contribution in [1.82, 2.24) is 15.0 Å². The molecule has 0 aliphatic carbocycles. The first-order valence-corrected chi connectivity index (χ1v) is 7.41. The zero-order chi connectivity index (χ0) is 15.2. The lowest BCUT2D eigenvalue weighted by molar-refractivity contribution is 0.120. The van der Waals surface area contributed by atoms with E-state index in [1.165, 1.54) is 6.33 Å². The van der Waals surface area contributed by atoms with Crippen molar-refractivity contribution in [1.29, 1.82) is 0 Å². The molecule has 3 heterocycles. The number of rotatable bonds is 6. The first-order chi connectivity index (χ1) is 10.8. The van der Waals surface area contributed by atoms with Crippen LogP contribution in [0.5, 0.6) is 0 Å². The van der Waals surface area contributed by atoms with Crippen LogP contribution >= 0.6 is 0 Å². The van der Waals surface area contributed by atoms with Gasteiger partial charge in [0.05, 0.1) is 6.10 Å². The van der Waals surface area contributed by atoms with E-state index in [2.05, 4.69) is 25.6 Å². The number of anilines is 3. The highest BCUT2D eigenvalue weighted by Crippen LogP contribution is 2.23. The van der Waals surface area contributed by atoms with E-state index in [1.807, 2.05) is 12.1 Å². The summed E-state index contributed by atoms with van der Waals surface area (Å²) in [5.41, 5.74) is 7.71. The summed E-state index contributed by atoms with van der Waals surface area (Å²) in [7, 11) is 0. The lowest BCUT2D eigenvalue weighted by Gasteiger charge is -2.14. The Bertz CT molecular complexity index is 600. The standard InChI is InChI=1S/C15H20N6O/c16-13-14(18-8-11-3-1-5-17-7-11)20-10-21-15(13)19-9-12-4-2-6-22-12/h1,3,5,7,10,12H,2,4,6,8-9,16H2,(H2,18,19,20,21). The van der Waals surface area contributed by atoms with Crippen molar-refractivity contribution < 1.29 is 4.74 Å². The molecule has 7 heteroatoms. The van der Waals surface area contributed by atoms with Gasteiger partial charge in [0.2, 0.25) is 0 Å². The Balaban J connectivity index is 1.61. The quantitative estimate of drug-likeness (QED) is 0.746. The summed E-state index contributed by atoms with van der Waals surface area (Å²) in [6.07, 6.45) is 7.48. The largest absolute Gasteiger partial charge is 0.393 e. The molecule has 3 rings (SSSR count). The summed E-state index contributed by atoms with van der Waals surface area (Å²) in [6, 6.07) is 3.89. The lowest BCUT2D eigenvalue weighted by Crippen LogP contribution is -2.20. The fourth-order valence-electron chi connectivity index (χ4n) is 2.38. The van der Waals surface area contributed by atoms with Gasteiger partial charge in [0, 0.05) is 32.1 Å². The minimum absolute atomic E-state index is 0.237. The zero-order valence-electron chi connectivity index (χ0n) is 12.3. The van der Waals surface area contributed by atoms with E-state index in [0.717, 1.165) is 25.0 Å². The normalized spacial score (nSPS) is 17.4. The number of ether oxygens (including phenoxy) is 1. The van der Waals surface area contributed by atoms with E-state index in [9.17, 15) is 0 Å². The van der Waals surface area contributed by atoms with E-state index in [1.54, 1.807) is 12.4 Å². The van der Waals surface area contributed by atoms with Crippen molar-refractivity contribution in [3.05, 3.63) is 36.4 Å². The molecule has 1 aliphatic rings. The van der Waals surface area contributed by atoms with E-state index >= 15 is 0 Å². The molecule has 1 unspecified atom stereocenters. The molecule has 0 bridgehead atoms. The summed E-state index contributed by atoms with van der Waals surface area (Å²) >= 11 is 0. The maximum atomic E-state index is 6.13. The first-order valence-electron chi connectivity index (χ1n) is 7.41. The van der Waals surface area contributed by atoms with Gasteiger partial charge in [0.25, 0.3) is 0 Å². The molecule has 116 valence electrons. The minimum atomic E-state index is 0.237. The average molecular weight is 300 g/mol. The van der Waals surface area contributed by atoms with Crippen LogP contribution in [0.4, 0.5) is 17.3 Å². The van der Waals surface area contributed by atoms with Crippen molar-refractivity contribution >= 4 is 17.3 Å². The van der Waals surface area contributed by atoms with Gasteiger partial charge in [-0.25, -0.2) is 9.97 Å². The van der Waals surface area contributed by atoms with E-state index in [-0.39, 0.29) is 6.10 Å². The summed E-state index contributed by atoms with van der Waals surface area (Å²) in [4.78, 5) is 12.5. The van der Waals surface area contributed by atoms with Crippen molar-refractivity contribution in [2.45, 2.75) is 25.5 Å². The molecule has 1 fully saturated rings. The summed E-state index contributed by atoms with van der Waals surface area (Å²) in [6.45, 7) is 2.16. The Morgan fingerprint density at radius 1 is 1.27 bits per heavy atom. The number of nitrogen functional groups attached to an aromatic ring is 1. The Morgan fingerprint density at radius 3 is 2.86 bits per heavy atom. The summed E-state index contributed by atoms with van der Waals surface area (Å²) in [5.74, 6) is 1.26. The number of nitrogens with one attached hydrogen (secondary N) is 2. The number of hydrogen-bond donors (Lipinski definition) is 3. The van der Waals surface area contributed by atoms with Gasteiger partial charge in [-0.05, 0) is 24.5 Å². The van der Waals surface area contributed by atoms with Gasteiger partial charge in [-0.2, -0.15) is 0 Å². The number of nitrogens with two attached hydrogens (primary N) is 1. The molecule has 0 spiro atoms. The summed E-state index contributed by atoms with van der Waals surface area (Å²) < 4.78 is 5.58. The van der Waals surface area contributed by atoms with E-state index < -0.39 is 0 Å². The zero-order valence-corrected chi connectivity index (χ0v) is 12.3. The molecule has 0 radical (unpaired) electrons. The maximum Gasteiger partial charge on any atom is 0.155 e. The Hall–Kier alpha value is -2.41. The molecule has 2 aromatic heterocycles. The number of hydrogen-bond acceptors (Lipinski definition) is 7. The maximum absolute atomic E-state index is 6.13. The van der Waals surface area contributed by atoms with Gasteiger partial charge >= 0.3 is 0 Å². The Kier molecular flexibility index (Phi) is 4.65. The van der Waals surface area contributed by atoms with Crippen LogP contribution < -0.4 is 16.4 Å². The fourth-order valence-corrected chi connectivity index (χ4v) is 2.38. The van der Waals surface area contributed by atoms with Crippen LogP contribution in [-0.4, -0.2) is 34.2 Å². The highest BCUT2D eigenvalue weighted by molar-refractivity contribution is 5.73. The smallest absolute Gasteiger partial charge is 0.155 e. The van der Waals surface area contributed by atoms with Crippen LogP contribution in [0, 0.1) is 0 Å². The van der Waals surface area contributed by atoms with Gasteiger partial charge in [-0.15, -0.1) is 0 Å². The lowest BCUT2D eigenvalue weighted by atomic mass is 10.2. The highest BCUT2D eigenvalue weighted by Gasteiger charge is 2.16. The van der Waals surface area contributed by atoms with Crippen molar-refractivity contribution in [3.63, 3.8) is 0 Å².